The summed E-state index contributed by atoms with van der Waals surface area (Å²) in [6.45, 7) is 2.74. The molecule has 0 amide bonds. The van der Waals surface area contributed by atoms with E-state index in [1.54, 1.807) is 7.11 Å². The third-order valence-corrected chi connectivity index (χ3v) is 3.84. The van der Waals surface area contributed by atoms with Gasteiger partial charge < -0.3 is 14.6 Å². The van der Waals surface area contributed by atoms with Crippen LogP contribution in [-0.2, 0) is 17.7 Å². The summed E-state index contributed by atoms with van der Waals surface area (Å²) in [7, 11) is 1.75. The van der Waals surface area contributed by atoms with E-state index in [-0.39, 0.29) is 0 Å². The van der Waals surface area contributed by atoms with Crippen LogP contribution >= 0.6 is 0 Å². The van der Waals surface area contributed by atoms with Crippen LogP contribution in [0.15, 0.2) is 24.3 Å². The Hall–Kier alpha value is -1.39. The molecular formula is C15H21N3O. The fourth-order valence-corrected chi connectivity index (χ4v) is 2.86. The number of nitrogens with one attached hydrogen (secondary N) is 1. The Morgan fingerprint density at radius 1 is 1.42 bits per heavy atom. The number of rotatable bonds is 5. The molecule has 1 unspecified atom stereocenters. The molecule has 19 heavy (non-hydrogen) atoms. The maximum atomic E-state index is 5.22. The van der Waals surface area contributed by atoms with Gasteiger partial charge in [0.2, 0.25) is 0 Å². The van der Waals surface area contributed by atoms with Crippen LogP contribution in [0.3, 0.4) is 0 Å². The van der Waals surface area contributed by atoms with Gasteiger partial charge in [0.05, 0.1) is 17.6 Å². The molecule has 1 atom stereocenters. The van der Waals surface area contributed by atoms with Gasteiger partial charge in [-0.25, -0.2) is 4.98 Å². The fourth-order valence-electron chi connectivity index (χ4n) is 2.86. The highest BCUT2D eigenvalue weighted by Crippen LogP contribution is 2.19. The number of nitrogens with zero attached hydrogens (tertiary/aromatic N) is 2. The third kappa shape index (κ3) is 2.65. The standard InChI is InChI=1S/C15H21N3O/c1-19-10-9-18-14-7-3-2-6-13(14)17-15(18)11-12-5-4-8-16-12/h2-3,6-7,12,16H,4-5,8-11H2,1H3. The molecule has 4 nitrogen and oxygen atoms in total. The van der Waals surface area contributed by atoms with E-state index in [0.29, 0.717) is 6.04 Å². The number of para-hydroxylation sites is 2. The topological polar surface area (TPSA) is 39.1 Å². The number of hydrogen-bond acceptors (Lipinski definition) is 3. The molecule has 1 aromatic heterocycles. The highest BCUT2D eigenvalue weighted by molar-refractivity contribution is 5.75. The SMILES string of the molecule is COCCn1c(CC2CCCN2)nc2ccccc21. The minimum Gasteiger partial charge on any atom is -0.383 e. The van der Waals surface area contributed by atoms with Crippen LogP contribution < -0.4 is 5.32 Å². The Morgan fingerprint density at radius 2 is 2.32 bits per heavy atom. The van der Waals surface area contributed by atoms with Gasteiger partial charge in [0.15, 0.2) is 0 Å². The van der Waals surface area contributed by atoms with E-state index in [1.165, 1.54) is 24.2 Å². The Labute approximate surface area is 113 Å². The number of fused-ring (bicyclic) bond motifs is 1. The van der Waals surface area contributed by atoms with Crippen molar-refractivity contribution in [1.82, 2.24) is 14.9 Å². The lowest BCUT2D eigenvalue weighted by Crippen LogP contribution is -2.25. The van der Waals surface area contributed by atoms with E-state index in [9.17, 15) is 0 Å². The molecule has 1 aliphatic heterocycles. The normalized spacial score (nSPS) is 19.3. The van der Waals surface area contributed by atoms with Crippen molar-refractivity contribution in [2.75, 3.05) is 20.3 Å². The molecular weight excluding hydrogens is 238 g/mol. The number of ether oxygens (including phenoxy) is 1. The van der Waals surface area contributed by atoms with Crippen LogP contribution in [-0.4, -0.2) is 35.9 Å². The van der Waals surface area contributed by atoms with Crippen LogP contribution in [0.25, 0.3) is 11.0 Å². The lowest BCUT2D eigenvalue weighted by molar-refractivity contribution is 0.187. The average Bonchev–Trinajstić information content (AvgIpc) is 3.04. The minimum absolute atomic E-state index is 0.582. The van der Waals surface area contributed by atoms with Gasteiger partial charge in [0.25, 0.3) is 0 Å². The third-order valence-electron chi connectivity index (χ3n) is 3.84. The summed E-state index contributed by atoms with van der Waals surface area (Å²) < 4.78 is 7.53. The highest BCUT2D eigenvalue weighted by Gasteiger charge is 2.18. The molecule has 1 saturated heterocycles. The molecule has 2 heterocycles. The van der Waals surface area contributed by atoms with Crippen molar-refractivity contribution in [2.45, 2.75) is 31.8 Å². The first-order chi connectivity index (χ1) is 9.38. The van der Waals surface area contributed by atoms with Crippen LogP contribution in [0.1, 0.15) is 18.7 Å². The average molecular weight is 259 g/mol. The van der Waals surface area contributed by atoms with Crippen molar-refractivity contribution in [3.63, 3.8) is 0 Å². The Kier molecular flexibility index (Phi) is 3.80. The van der Waals surface area contributed by atoms with Gasteiger partial charge in [-0.3, -0.25) is 0 Å². The zero-order valence-corrected chi connectivity index (χ0v) is 11.4. The number of methoxy groups -OCH3 is 1. The maximum Gasteiger partial charge on any atom is 0.111 e. The quantitative estimate of drug-likeness (QED) is 0.892. The summed E-state index contributed by atoms with van der Waals surface area (Å²) in [5.41, 5.74) is 2.30. The minimum atomic E-state index is 0.582. The Balaban J connectivity index is 1.91. The molecule has 1 aromatic carbocycles. The maximum absolute atomic E-state index is 5.22. The second-order valence-corrected chi connectivity index (χ2v) is 5.16. The molecule has 0 radical (unpaired) electrons. The van der Waals surface area contributed by atoms with Crippen LogP contribution in [0.2, 0.25) is 0 Å². The van der Waals surface area contributed by atoms with Gasteiger partial charge in [-0.05, 0) is 31.5 Å². The van der Waals surface area contributed by atoms with Crippen molar-refractivity contribution in [3.05, 3.63) is 30.1 Å². The predicted molar refractivity (Wildman–Crippen MR) is 76.3 cm³/mol. The number of imidazole rings is 1. The highest BCUT2D eigenvalue weighted by atomic mass is 16.5. The van der Waals surface area contributed by atoms with Crippen molar-refractivity contribution >= 4 is 11.0 Å². The number of aromatic nitrogens is 2. The second-order valence-electron chi connectivity index (χ2n) is 5.16. The van der Waals surface area contributed by atoms with Crippen molar-refractivity contribution in [3.8, 4) is 0 Å². The van der Waals surface area contributed by atoms with Gasteiger partial charge in [0.1, 0.15) is 5.82 Å². The molecule has 0 saturated carbocycles. The second kappa shape index (κ2) is 5.72. The monoisotopic (exact) mass is 259 g/mol. The van der Waals surface area contributed by atoms with Crippen LogP contribution in [0, 0.1) is 0 Å². The summed E-state index contributed by atoms with van der Waals surface area (Å²) in [6, 6.07) is 8.94. The van der Waals surface area contributed by atoms with Crippen LogP contribution in [0.4, 0.5) is 0 Å². The summed E-state index contributed by atoms with van der Waals surface area (Å²) in [6.07, 6.45) is 3.55. The van der Waals surface area contributed by atoms with Gasteiger partial charge in [-0.1, -0.05) is 12.1 Å². The lowest BCUT2D eigenvalue weighted by Gasteiger charge is -2.12. The number of benzene rings is 1. The first-order valence-corrected chi connectivity index (χ1v) is 7.05. The molecule has 0 spiro atoms. The van der Waals surface area contributed by atoms with E-state index >= 15 is 0 Å². The molecule has 0 bridgehead atoms. The molecule has 0 aliphatic carbocycles. The largest absolute Gasteiger partial charge is 0.383 e. The molecule has 1 aliphatic rings. The molecule has 4 heteroatoms. The van der Waals surface area contributed by atoms with E-state index in [0.717, 1.165) is 31.6 Å². The van der Waals surface area contributed by atoms with Gasteiger partial charge in [-0.2, -0.15) is 0 Å². The molecule has 102 valence electrons. The van der Waals surface area contributed by atoms with E-state index < -0.39 is 0 Å². The number of hydrogen-bond donors (Lipinski definition) is 1. The van der Waals surface area contributed by atoms with E-state index in [4.69, 9.17) is 9.72 Å². The van der Waals surface area contributed by atoms with Gasteiger partial charge in [0, 0.05) is 26.1 Å². The molecule has 3 rings (SSSR count). The summed E-state index contributed by atoms with van der Waals surface area (Å²) >= 11 is 0. The predicted octanol–water partition coefficient (Wildman–Crippen LogP) is 1.98. The summed E-state index contributed by atoms with van der Waals surface area (Å²) in [4.78, 5) is 4.80. The van der Waals surface area contributed by atoms with Gasteiger partial charge in [-0.15, -0.1) is 0 Å². The van der Waals surface area contributed by atoms with E-state index in [2.05, 4.69) is 28.1 Å². The molecule has 2 aromatic rings. The van der Waals surface area contributed by atoms with Crippen LogP contribution in [0.5, 0.6) is 0 Å². The van der Waals surface area contributed by atoms with E-state index in [1.807, 2.05) is 6.07 Å². The van der Waals surface area contributed by atoms with Crippen molar-refractivity contribution in [1.29, 1.82) is 0 Å². The summed E-state index contributed by atoms with van der Waals surface area (Å²) in [5, 5.41) is 3.55. The Morgan fingerprint density at radius 3 is 3.11 bits per heavy atom. The zero-order valence-electron chi connectivity index (χ0n) is 11.4. The lowest BCUT2D eigenvalue weighted by atomic mass is 10.1. The first kappa shape index (κ1) is 12.6. The smallest absolute Gasteiger partial charge is 0.111 e. The molecule has 1 N–H and O–H groups in total. The fraction of sp³-hybridized carbons (Fsp3) is 0.533. The Bertz CT molecular complexity index is 543. The van der Waals surface area contributed by atoms with Gasteiger partial charge >= 0.3 is 0 Å². The molecule has 1 fully saturated rings. The first-order valence-electron chi connectivity index (χ1n) is 7.05. The summed E-state index contributed by atoms with van der Waals surface area (Å²) in [5.74, 6) is 1.18. The van der Waals surface area contributed by atoms with Crippen molar-refractivity contribution < 1.29 is 4.74 Å². The zero-order chi connectivity index (χ0) is 13.1. The van der Waals surface area contributed by atoms with Crippen molar-refractivity contribution in [2.24, 2.45) is 0 Å².